The summed E-state index contributed by atoms with van der Waals surface area (Å²) in [6, 6.07) is 10.9. The summed E-state index contributed by atoms with van der Waals surface area (Å²) in [6.07, 6.45) is 1.23. The molecule has 1 aliphatic heterocycles. The highest BCUT2D eigenvalue weighted by molar-refractivity contribution is 6.04. The van der Waals surface area contributed by atoms with Crippen LogP contribution in [0.1, 0.15) is 29.0 Å². The number of non-ortho nitro benzene ring substituents is 1. The monoisotopic (exact) mass is 436 g/mol. The Morgan fingerprint density at radius 2 is 2.06 bits per heavy atom. The highest BCUT2D eigenvalue weighted by Gasteiger charge is 2.25. The molecule has 0 atom stereocenters. The number of nitro groups is 1. The first kappa shape index (κ1) is 21.0. The number of methoxy groups -OCH3 is 1. The lowest BCUT2D eigenvalue weighted by Gasteiger charge is -2.20. The zero-order valence-electron chi connectivity index (χ0n) is 17.4. The SMILES string of the molecule is COc1ccc(NC(=O)c2nnn(-c3cccc([N+](=O)[O-])c3)c2C)cc1N1CCCC1=O. The van der Waals surface area contributed by atoms with Gasteiger partial charge in [-0.3, -0.25) is 19.7 Å². The van der Waals surface area contributed by atoms with Gasteiger partial charge in [0.1, 0.15) is 5.75 Å². The number of anilines is 2. The van der Waals surface area contributed by atoms with E-state index < -0.39 is 10.8 Å². The first-order valence-electron chi connectivity index (χ1n) is 9.86. The second-order valence-corrected chi connectivity index (χ2v) is 7.20. The minimum absolute atomic E-state index is 0.00233. The van der Waals surface area contributed by atoms with Crippen molar-refractivity contribution in [3.8, 4) is 11.4 Å². The Morgan fingerprint density at radius 1 is 1.25 bits per heavy atom. The molecular weight excluding hydrogens is 416 g/mol. The van der Waals surface area contributed by atoms with Gasteiger partial charge in [-0.1, -0.05) is 11.3 Å². The molecule has 32 heavy (non-hydrogen) atoms. The van der Waals surface area contributed by atoms with Crippen molar-refractivity contribution in [2.24, 2.45) is 0 Å². The fourth-order valence-corrected chi connectivity index (χ4v) is 3.59. The Morgan fingerprint density at radius 3 is 2.75 bits per heavy atom. The molecule has 3 aromatic rings. The minimum atomic E-state index is -0.504. The molecule has 1 aliphatic rings. The number of nitrogens with one attached hydrogen (secondary N) is 1. The van der Waals surface area contributed by atoms with Gasteiger partial charge in [0.15, 0.2) is 5.69 Å². The van der Waals surface area contributed by atoms with Gasteiger partial charge in [0.05, 0.1) is 29.1 Å². The second-order valence-electron chi connectivity index (χ2n) is 7.20. The second kappa shape index (κ2) is 8.46. The van der Waals surface area contributed by atoms with E-state index >= 15 is 0 Å². The number of ether oxygens (including phenoxy) is 1. The Hall–Kier alpha value is -4.28. The normalized spacial score (nSPS) is 13.3. The van der Waals surface area contributed by atoms with Gasteiger partial charge in [0.2, 0.25) is 5.91 Å². The minimum Gasteiger partial charge on any atom is -0.495 e. The first-order valence-corrected chi connectivity index (χ1v) is 9.86. The van der Waals surface area contributed by atoms with Crippen LogP contribution in [0.5, 0.6) is 5.75 Å². The van der Waals surface area contributed by atoms with Crippen molar-refractivity contribution < 1.29 is 19.2 Å². The lowest BCUT2D eigenvalue weighted by molar-refractivity contribution is -0.384. The zero-order chi connectivity index (χ0) is 22.8. The number of rotatable bonds is 6. The predicted octanol–water partition coefficient (Wildman–Crippen LogP) is 2.87. The zero-order valence-corrected chi connectivity index (χ0v) is 17.4. The van der Waals surface area contributed by atoms with Gasteiger partial charge in [-0.25, -0.2) is 4.68 Å². The highest BCUT2D eigenvalue weighted by atomic mass is 16.6. The molecule has 11 nitrogen and oxygen atoms in total. The molecule has 0 spiro atoms. The van der Waals surface area contributed by atoms with Crippen LogP contribution < -0.4 is 15.0 Å². The van der Waals surface area contributed by atoms with Crippen molar-refractivity contribution in [3.05, 3.63) is 64.0 Å². The average Bonchev–Trinajstić information content (AvgIpc) is 3.39. The topological polar surface area (TPSA) is 132 Å². The van der Waals surface area contributed by atoms with E-state index in [1.165, 1.54) is 30.0 Å². The van der Waals surface area contributed by atoms with Crippen molar-refractivity contribution in [2.75, 3.05) is 23.9 Å². The van der Waals surface area contributed by atoms with Crippen LogP contribution in [0.2, 0.25) is 0 Å². The van der Waals surface area contributed by atoms with Gasteiger partial charge in [-0.2, -0.15) is 0 Å². The van der Waals surface area contributed by atoms with E-state index in [9.17, 15) is 19.7 Å². The molecule has 1 aromatic heterocycles. The molecule has 1 saturated heterocycles. The third kappa shape index (κ3) is 3.87. The lowest BCUT2D eigenvalue weighted by atomic mass is 10.2. The maximum absolute atomic E-state index is 12.9. The van der Waals surface area contributed by atoms with Gasteiger partial charge in [0, 0.05) is 30.8 Å². The van der Waals surface area contributed by atoms with Crippen LogP contribution in [0.25, 0.3) is 5.69 Å². The van der Waals surface area contributed by atoms with Crippen molar-refractivity contribution in [1.29, 1.82) is 0 Å². The average molecular weight is 436 g/mol. The van der Waals surface area contributed by atoms with Gasteiger partial charge in [-0.05, 0) is 37.6 Å². The molecular formula is C21H20N6O5. The van der Waals surface area contributed by atoms with Crippen LogP contribution in [0, 0.1) is 17.0 Å². The number of carbonyl (C=O) groups is 2. The first-order chi connectivity index (χ1) is 15.4. The summed E-state index contributed by atoms with van der Waals surface area (Å²) in [6.45, 7) is 2.24. The molecule has 0 aliphatic carbocycles. The maximum atomic E-state index is 12.9. The summed E-state index contributed by atoms with van der Waals surface area (Å²) in [7, 11) is 1.52. The van der Waals surface area contributed by atoms with E-state index in [0.29, 0.717) is 41.5 Å². The number of hydrogen-bond donors (Lipinski definition) is 1. The van der Waals surface area contributed by atoms with Crippen molar-refractivity contribution >= 4 is 28.9 Å². The number of benzene rings is 2. The number of amides is 2. The van der Waals surface area contributed by atoms with Crippen molar-refractivity contribution in [3.63, 3.8) is 0 Å². The third-order valence-electron chi connectivity index (χ3n) is 5.20. The summed E-state index contributed by atoms with van der Waals surface area (Å²) >= 11 is 0. The number of carbonyl (C=O) groups excluding carboxylic acids is 2. The molecule has 11 heteroatoms. The summed E-state index contributed by atoms with van der Waals surface area (Å²) in [5.41, 5.74) is 1.88. The van der Waals surface area contributed by atoms with Crippen LogP contribution in [-0.2, 0) is 4.79 Å². The largest absolute Gasteiger partial charge is 0.495 e. The van der Waals surface area contributed by atoms with E-state index in [-0.39, 0.29) is 17.3 Å². The van der Waals surface area contributed by atoms with Crippen LogP contribution in [0.15, 0.2) is 42.5 Å². The number of nitro benzene ring substituents is 1. The Labute approximate surface area is 182 Å². The molecule has 2 aromatic carbocycles. The molecule has 164 valence electrons. The molecule has 0 saturated carbocycles. The lowest BCUT2D eigenvalue weighted by Crippen LogP contribution is -2.24. The number of hydrogen-bond acceptors (Lipinski definition) is 7. The molecule has 0 radical (unpaired) electrons. The van der Waals surface area contributed by atoms with Gasteiger partial charge in [-0.15, -0.1) is 5.10 Å². The quantitative estimate of drug-likeness (QED) is 0.464. The molecule has 4 rings (SSSR count). The number of nitrogens with zero attached hydrogens (tertiary/aromatic N) is 5. The van der Waals surface area contributed by atoms with E-state index in [4.69, 9.17) is 4.74 Å². The summed E-state index contributed by atoms with van der Waals surface area (Å²) in [5.74, 6) is 0.0385. The number of aromatic nitrogens is 3. The fraction of sp³-hybridized carbons (Fsp3) is 0.238. The van der Waals surface area contributed by atoms with Crippen LogP contribution in [0.3, 0.4) is 0 Å². The molecule has 2 amide bonds. The van der Waals surface area contributed by atoms with Crippen molar-refractivity contribution in [1.82, 2.24) is 15.0 Å². The molecule has 1 N–H and O–H groups in total. The van der Waals surface area contributed by atoms with Crippen LogP contribution in [-0.4, -0.2) is 45.4 Å². The molecule has 0 bridgehead atoms. The smallest absolute Gasteiger partial charge is 0.278 e. The van der Waals surface area contributed by atoms with Gasteiger partial charge < -0.3 is 15.0 Å². The van der Waals surface area contributed by atoms with E-state index in [1.807, 2.05) is 0 Å². The Balaban J connectivity index is 1.59. The summed E-state index contributed by atoms with van der Waals surface area (Å²) in [4.78, 5) is 37.2. The molecule has 0 unspecified atom stereocenters. The molecule has 1 fully saturated rings. The van der Waals surface area contributed by atoms with E-state index in [1.54, 1.807) is 36.1 Å². The van der Waals surface area contributed by atoms with Crippen molar-refractivity contribution in [2.45, 2.75) is 19.8 Å². The Kier molecular flexibility index (Phi) is 5.54. The van der Waals surface area contributed by atoms with Gasteiger partial charge >= 0.3 is 0 Å². The summed E-state index contributed by atoms with van der Waals surface area (Å²) < 4.78 is 6.73. The summed E-state index contributed by atoms with van der Waals surface area (Å²) in [5, 5.41) is 21.7. The van der Waals surface area contributed by atoms with Gasteiger partial charge in [0.25, 0.3) is 11.6 Å². The fourth-order valence-electron chi connectivity index (χ4n) is 3.59. The predicted molar refractivity (Wildman–Crippen MR) is 115 cm³/mol. The third-order valence-corrected chi connectivity index (χ3v) is 5.20. The standard InChI is InChI=1S/C21H20N6O5/c1-13-20(23-24-26(13)15-5-3-6-16(12-15)27(30)31)21(29)22-14-8-9-18(32-2)17(11-14)25-10-4-7-19(25)28/h3,5-6,8-9,11-12H,4,7,10H2,1-2H3,(H,22,29). The van der Waals surface area contributed by atoms with Crippen LogP contribution >= 0.6 is 0 Å². The van der Waals surface area contributed by atoms with Crippen LogP contribution in [0.4, 0.5) is 17.1 Å². The Bertz CT molecular complexity index is 1220. The van der Waals surface area contributed by atoms with E-state index in [0.717, 1.165) is 6.42 Å². The highest BCUT2D eigenvalue weighted by Crippen LogP contribution is 2.34. The van der Waals surface area contributed by atoms with E-state index in [2.05, 4.69) is 15.6 Å². The maximum Gasteiger partial charge on any atom is 0.278 e. The molecule has 2 heterocycles.